The van der Waals surface area contributed by atoms with E-state index in [1.54, 1.807) is 0 Å². The first-order chi connectivity index (χ1) is 14.2. The molecule has 1 amide bonds. The topological polar surface area (TPSA) is 111 Å². The monoisotopic (exact) mass is 439 g/mol. The number of halogens is 2. The molecule has 1 aromatic carbocycles. The minimum atomic E-state index is -4.02. The summed E-state index contributed by atoms with van der Waals surface area (Å²) in [6, 6.07) is 5.10. The lowest BCUT2D eigenvalue weighted by Gasteiger charge is -2.22. The number of hydrogen-bond acceptors (Lipinski definition) is 5. The third kappa shape index (κ3) is 4.44. The third-order valence-corrected chi connectivity index (χ3v) is 6.36. The van der Waals surface area contributed by atoms with Crippen LogP contribution < -0.4 is 15.2 Å². The van der Waals surface area contributed by atoms with Gasteiger partial charge in [-0.3, -0.25) is 4.79 Å². The van der Waals surface area contributed by atoms with Crippen molar-refractivity contribution in [3.8, 4) is 5.75 Å². The highest BCUT2D eigenvalue weighted by atomic mass is 32.2. The fraction of sp³-hybridized carbons (Fsp3) is 0.400. The number of benzene rings is 1. The molecule has 30 heavy (non-hydrogen) atoms. The van der Waals surface area contributed by atoms with Crippen molar-refractivity contribution in [3.63, 3.8) is 0 Å². The number of nitrogens with zero attached hydrogens (tertiary/aromatic N) is 1. The van der Waals surface area contributed by atoms with E-state index in [-0.39, 0.29) is 34.2 Å². The molecule has 1 aromatic heterocycles. The fourth-order valence-electron chi connectivity index (χ4n) is 4.03. The van der Waals surface area contributed by atoms with Crippen LogP contribution in [0.5, 0.6) is 5.75 Å². The molecule has 1 aliphatic rings. The van der Waals surface area contributed by atoms with Gasteiger partial charge in [-0.25, -0.2) is 22.9 Å². The summed E-state index contributed by atoms with van der Waals surface area (Å²) >= 11 is 0. The van der Waals surface area contributed by atoms with Crippen LogP contribution in [0.1, 0.15) is 37.7 Å². The molecule has 0 spiro atoms. The van der Waals surface area contributed by atoms with Crippen LogP contribution in [0.15, 0.2) is 35.5 Å². The molecule has 7 nitrogen and oxygen atoms in total. The van der Waals surface area contributed by atoms with Gasteiger partial charge >= 0.3 is 0 Å². The second-order valence-corrected chi connectivity index (χ2v) is 8.87. The summed E-state index contributed by atoms with van der Waals surface area (Å²) in [5.41, 5.74) is 0.669. The zero-order chi connectivity index (χ0) is 22.1. The molecule has 1 saturated carbocycles. The van der Waals surface area contributed by atoms with Crippen LogP contribution in [0.2, 0.25) is 0 Å². The third-order valence-electron chi connectivity index (χ3n) is 5.55. The molecule has 3 rings (SSSR count). The predicted molar refractivity (Wildman–Crippen MR) is 106 cm³/mol. The Morgan fingerprint density at radius 2 is 2.03 bits per heavy atom. The average molecular weight is 439 g/mol. The highest BCUT2D eigenvalue weighted by Crippen LogP contribution is 2.48. The first-order valence-electron chi connectivity index (χ1n) is 9.47. The lowest BCUT2D eigenvalue weighted by Crippen LogP contribution is -2.25. The lowest BCUT2D eigenvalue weighted by molar-refractivity contribution is -0.120. The maximum atomic E-state index is 14.2. The van der Waals surface area contributed by atoms with Gasteiger partial charge in [0.15, 0.2) is 16.6 Å². The number of primary sulfonamides is 1. The number of sulfonamides is 1. The van der Waals surface area contributed by atoms with Gasteiger partial charge in [0.05, 0.1) is 7.11 Å². The van der Waals surface area contributed by atoms with Gasteiger partial charge in [-0.2, -0.15) is 4.39 Å². The highest BCUT2D eigenvalue weighted by molar-refractivity contribution is 7.89. The number of hydrogen-bond donors (Lipinski definition) is 2. The number of ether oxygens (including phenoxy) is 1. The number of rotatable bonds is 6. The lowest BCUT2D eigenvalue weighted by atomic mass is 9.87. The Labute approximate surface area is 173 Å². The zero-order valence-electron chi connectivity index (χ0n) is 16.6. The smallest absolute Gasteiger partial charge is 0.255 e. The Morgan fingerprint density at radius 3 is 2.67 bits per heavy atom. The predicted octanol–water partition coefficient (Wildman–Crippen LogP) is 3.17. The fourth-order valence-corrected chi connectivity index (χ4v) is 4.53. The summed E-state index contributed by atoms with van der Waals surface area (Å²) in [4.78, 5) is 16.7. The van der Waals surface area contributed by atoms with Crippen molar-refractivity contribution in [3.05, 3.63) is 47.7 Å². The molecule has 162 valence electrons. The summed E-state index contributed by atoms with van der Waals surface area (Å²) in [6.45, 7) is 2.01. The number of aromatic nitrogens is 1. The first kappa shape index (κ1) is 22.1. The van der Waals surface area contributed by atoms with E-state index in [9.17, 15) is 22.0 Å². The van der Waals surface area contributed by atoms with E-state index in [0.29, 0.717) is 18.4 Å². The summed E-state index contributed by atoms with van der Waals surface area (Å²) in [5.74, 6) is -3.33. The maximum absolute atomic E-state index is 14.2. The largest absolute Gasteiger partial charge is 0.493 e. The molecule has 2 aromatic rings. The van der Waals surface area contributed by atoms with E-state index in [4.69, 9.17) is 9.88 Å². The van der Waals surface area contributed by atoms with Crippen LogP contribution in [0.4, 0.5) is 14.5 Å². The minimum Gasteiger partial charge on any atom is -0.493 e. The summed E-state index contributed by atoms with van der Waals surface area (Å²) in [7, 11) is -2.76. The van der Waals surface area contributed by atoms with Gasteiger partial charge in [0.1, 0.15) is 0 Å². The van der Waals surface area contributed by atoms with Crippen LogP contribution in [-0.2, 0) is 14.8 Å². The normalized spacial score (nSPS) is 21.4. The van der Waals surface area contributed by atoms with Gasteiger partial charge in [-0.1, -0.05) is 19.4 Å². The molecule has 10 heteroatoms. The minimum absolute atomic E-state index is 0.199. The van der Waals surface area contributed by atoms with E-state index in [2.05, 4.69) is 10.3 Å². The number of nitrogens with one attached hydrogen (secondary N) is 1. The van der Waals surface area contributed by atoms with Gasteiger partial charge < -0.3 is 10.1 Å². The molecule has 3 atom stereocenters. The molecular formula is C20H23F2N3O4S. The number of pyridine rings is 1. The second kappa shape index (κ2) is 8.65. The van der Waals surface area contributed by atoms with Crippen LogP contribution in [0.3, 0.4) is 0 Å². The molecule has 0 bridgehead atoms. The zero-order valence-corrected chi connectivity index (χ0v) is 17.4. The molecule has 1 aliphatic carbocycles. The van der Waals surface area contributed by atoms with Gasteiger partial charge in [-0.05, 0) is 36.8 Å². The number of carbonyl (C=O) groups excluding carboxylic acids is 1. The average Bonchev–Trinajstić information content (AvgIpc) is 3.14. The van der Waals surface area contributed by atoms with Gasteiger partial charge in [0.2, 0.25) is 11.7 Å². The first-order valence-corrected chi connectivity index (χ1v) is 11.0. The highest BCUT2D eigenvalue weighted by Gasteiger charge is 2.40. The standard InChI is InChI=1S/C20H23F2N3O4S/c1-3-11-8-14(13-4-5-16(21)18(22)19(13)29-2)15(9-11)20(26)25-12-6-7-24-17(10-12)30(23,27)28/h4-7,10-11,14-15H,3,8-9H2,1-2H3,(H2,23,27,28)(H,24,25,26). The van der Waals surface area contributed by atoms with E-state index in [1.807, 2.05) is 6.92 Å². The van der Waals surface area contributed by atoms with Crippen molar-refractivity contribution in [1.29, 1.82) is 0 Å². The van der Waals surface area contributed by atoms with E-state index in [0.717, 1.165) is 12.5 Å². The van der Waals surface area contributed by atoms with Gasteiger partial charge in [-0.15, -0.1) is 0 Å². The Bertz CT molecular complexity index is 1060. The van der Waals surface area contributed by atoms with E-state index >= 15 is 0 Å². The molecule has 1 fully saturated rings. The van der Waals surface area contributed by atoms with Crippen molar-refractivity contribution in [2.45, 2.75) is 37.1 Å². The molecule has 3 N–H and O–H groups in total. The van der Waals surface area contributed by atoms with Crippen LogP contribution >= 0.6 is 0 Å². The summed E-state index contributed by atoms with van der Waals surface area (Å²) in [5, 5.41) is 7.42. The summed E-state index contributed by atoms with van der Waals surface area (Å²) < 4.78 is 56.0. The van der Waals surface area contributed by atoms with Crippen molar-refractivity contribution in [2.75, 3.05) is 12.4 Å². The SMILES string of the molecule is CCC1CC(C(=O)Nc2ccnc(S(N)(=O)=O)c2)C(c2ccc(F)c(F)c2OC)C1. The number of carbonyl (C=O) groups is 1. The summed E-state index contributed by atoms with van der Waals surface area (Å²) in [6.07, 6.45) is 3.24. The number of methoxy groups -OCH3 is 1. The number of nitrogens with two attached hydrogens (primary N) is 1. The van der Waals surface area contributed by atoms with Crippen molar-refractivity contribution < 1.29 is 26.7 Å². The van der Waals surface area contributed by atoms with Crippen LogP contribution in [-0.4, -0.2) is 26.4 Å². The molecule has 3 unspecified atom stereocenters. The van der Waals surface area contributed by atoms with Crippen LogP contribution in [0, 0.1) is 23.5 Å². The molecule has 1 heterocycles. The van der Waals surface area contributed by atoms with Crippen molar-refractivity contribution in [2.24, 2.45) is 17.0 Å². The Balaban J connectivity index is 1.92. The maximum Gasteiger partial charge on any atom is 0.255 e. The molecule has 0 saturated heterocycles. The molecule has 0 aliphatic heterocycles. The molecular weight excluding hydrogens is 416 g/mol. The number of anilines is 1. The van der Waals surface area contributed by atoms with E-state index < -0.39 is 27.6 Å². The Hall–Kier alpha value is -2.59. The van der Waals surface area contributed by atoms with Crippen LogP contribution in [0.25, 0.3) is 0 Å². The second-order valence-electron chi connectivity index (χ2n) is 7.36. The van der Waals surface area contributed by atoms with E-state index in [1.165, 1.54) is 31.5 Å². The number of amides is 1. The quantitative estimate of drug-likeness (QED) is 0.718. The van der Waals surface area contributed by atoms with Crippen molar-refractivity contribution in [1.82, 2.24) is 4.98 Å². The van der Waals surface area contributed by atoms with Gasteiger partial charge in [0.25, 0.3) is 10.0 Å². The molecule has 0 radical (unpaired) electrons. The van der Waals surface area contributed by atoms with Gasteiger partial charge in [0, 0.05) is 29.4 Å². The Morgan fingerprint density at radius 1 is 1.30 bits per heavy atom. The Kier molecular flexibility index (Phi) is 6.37. The van der Waals surface area contributed by atoms with Crippen molar-refractivity contribution >= 4 is 21.6 Å².